The highest BCUT2D eigenvalue weighted by molar-refractivity contribution is 6.30. The van der Waals surface area contributed by atoms with Gasteiger partial charge in [0.25, 0.3) is 5.91 Å². The summed E-state index contributed by atoms with van der Waals surface area (Å²) in [5, 5.41) is 3.18. The molecule has 0 fully saturated rings. The largest absolute Gasteiger partial charge is 0.481 e. The minimum Gasteiger partial charge on any atom is -0.481 e. The Morgan fingerprint density at radius 1 is 1.55 bits per heavy atom. The van der Waals surface area contributed by atoms with Crippen LogP contribution in [0.5, 0.6) is 5.75 Å². The number of rotatable bonds is 6. The fraction of sp³-hybridized carbons (Fsp3) is 0.400. The van der Waals surface area contributed by atoms with E-state index in [0.717, 1.165) is 5.56 Å². The molecule has 0 aliphatic rings. The summed E-state index contributed by atoms with van der Waals surface area (Å²) in [5.74, 6) is 2.69. The van der Waals surface area contributed by atoms with Crippen molar-refractivity contribution in [3.8, 4) is 18.1 Å². The standard InChI is InChI=1S/C15H19ClN2O2/c1-4-7-18-15(19)11(3)20-14-6-5-13(16)9-12(14)8-10(2)17/h1,5-6,9-11H,7-8,17H2,2-3H3,(H,18,19). The Kier molecular flexibility index (Phi) is 6.37. The number of hydrogen-bond acceptors (Lipinski definition) is 3. The van der Waals surface area contributed by atoms with Gasteiger partial charge in [-0.3, -0.25) is 4.79 Å². The van der Waals surface area contributed by atoms with Crippen molar-refractivity contribution >= 4 is 17.5 Å². The van der Waals surface area contributed by atoms with Crippen molar-refractivity contribution in [2.24, 2.45) is 5.73 Å². The Labute approximate surface area is 124 Å². The van der Waals surface area contributed by atoms with Crippen LogP contribution in [-0.4, -0.2) is 24.6 Å². The lowest BCUT2D eigenvalue weighted by molar-refractivity contribution is -0.127. The van der Waals surface area contributed by atoms with Crippen LogP contribution in [0.15, 0.2) is 18.2 Å². The maximum Gasteiger partial charge on any atom is 0.261 e. The molecule has 2 unspecified atom stereocenters. The van der Waals surface area contributed by atoms with Gasteiger partial charge in [0, 0.05) is 11.1 Å². The maximum absolute atomic E-state index is 11.7. The molecule has 0 aliphatic heterocycles. The van der Waals surface area contributed by atoms with Crippen molar-refractivity contribution in [2.75, 3.05) is 6.54 Å². The molecule has 0 heterocycles. The van der Waals surface area contributed by atoms with Gasteiger partial charge in [-0.25, -0.2) is 0 Å². The van der Waals surface area contributed by atoms with E-state index in [2.05, 4.69) is 11.2 Å². The zero-order valence-corrected chi connectivity index (χ0v) is 12.4. The molecule has 1 aromatic carbocycles. The molecular formula is C15H19ClN2O2. The summed E-state index contributed by atoms with van der Waals surface area (Å²) in [4.78, 5) is 11.7. The van der Waals surface area contributed by atoms with E-state index in [9.17, 15) is 4.79 Å². The zero-order chi connectivity index (χ0) is 15.1. The number of carbonyl (C=O) groups excluding carboxylic acids is 1. The van der Waals surface area contributed by atoms with Gasteiger partial charge in [-0.2, -0.15) is 0 Å². The van der Waals surface area contributed by atoms with Crippen molar-refractivity contribution in [1.29, 1.82) is 0 Å². The van der Waals surface area contributed by atoms with E-state index >= 15 is 0 Å². The molecule has 3 N–H and O–H groups in total. The smallest absolute Gasteiger partial charge is 0.261 e. The number of nitrogens with two attached hydrogens (primary N) is 1. The average Bonchev–Trinajstić information content (AvgIpc) is 2.38. The fourth-order valence-corrected chi connectivity index (χ4v) is 1.89. The van der Waals surface area contributed by atoms with Crippen LogP contribution in [0.25, 0.3) is 0 Å². The summed E-state index contributed by atoms with van der Waals surface area (Å²) >= 11 is 5.97. The number of ether oxygens (including phenoxy) is 1. The molecular weight excluding hydrogens is 276 g/mol. The van der Waals surface area contributed by atoms with Crippen molar-refractivity contribution < 1.29 is 9.53 Å². The minimum atomic E-state index is -0.642. The summed E-state index contributed by atoms with van der Waals surface area (Å²) in [6.45, 7) is 3.74. The molecule has 0 bridgehead atoms. The lowest BCUT2D eigenvalue weighted by atomic mass is 10.1. The first kappa shape index (κ1) is 16.4. The third-order valence-electron chi connectivity index (χ3n) is 2.60. The van der Waals surface area contributed by atoms with Gasteiger partial charge in [-0.15, -0.1) is 6.42 Å². The van der Waals surface area contributed by atoms with Crippen LogP contribution in [0.1, 0.15) is 19.4 Å². The average molecular weight is 295 g/mol. The van der Waals surface area contributed by atoms with Crippen LogP contribution < -0.4 is 15.8 Å². The van der Waals surface area contributed by atoms with E-state index < -0.39 is 6.10 Å². The Bertz CT molecular complexity index is 509. The first-order valence-electron chi connectivity index (χ1n) is 6.36. The Morgan fingerprint density at radius 2 is 2.25 bits per heavy atom. The summed E-state index contributed by atoms with van der Waals surface area (Å²) in [6, 6.07) is 5.23. The third-order valence-corrected chi connectivity index (χ3v) is 2.84. The molecule has 1 amide bonds. The molecule has 0 radical (unpaired) electrons. The molecule has 1 rings (SSSR count). The lowest BCUT2D eigenvalue weighted by Gasteiger charge is -2.18. The van der Waals surface area contributed by atoms with Crippen molar-refractivity contribution in [3.63, 3.8) is 0 Å². The number of hydrogen-bond donors (Lipinski definition) is 2. The Morgan fingerprint density at radius 3 is 2.85 bits per heavy atom. The first-order valence-corrected chi connectivity index (χ1v) is 6.73. The normalized spacial score (nSPS) is 13.2. The highest BCUT2D eigenvalue weighted by Crippen LogP contribution is 2.25. The van der Waals surface area contributed by atoms with Gasteiger partial charge in [0.15, 0.2) is 6.10 Å². The van der Waals surface area contributed by atoms with E-state index in [1.54, 1.807) is 25.1 Å². The zero-order valence-electron chi connectivity index (χ0n) is 11.7. The topological polar surface area (TPSA) is 64.3 Å². The SMILES string of the molecule is C#CCNC(=O)C(C)Oc1ccc(Cl)cc1CC(C)N. The van der Waals surface area contributed by atoms with Gasteiger partial charge in [-0.05, 0) is 44.0 Å². The van der Waals surface area contributed by atoms with Gasteiger partial charge >= 0.3 is 0 Å². The summed E-state index contributed by atoms with van der Waals surface area (Å²) in [6.07, 6.45) is 5.07. The molecule has 2 atom stereocenters. The molecule has 1 aromatic rings. The second-order valence-corrected chi connectivity index (χ2v) is 5.05. The van der Waals surface area contributed by atoms with Crippen LogP contribution in [0.3, 0.4) is 0 Å². The molecule has 4 nitrogen and oxygen atoms in total. The van der Waals surface area contributed by atoms with Crippen molar-refractivity contribution in [2.45, 2.75) is 32.4 Å². The molecule has 108 valence electrons. The first-order chi connectivity index (χ1) is 9.43. The van der Waals surface area contributed by atoms with Crippen LogP contribution in [0.2, 0.25) is 5.02 Å². The highest BCUT2D eigenvalue weighted by atomic mass is 35.5. The lowest BCUT2D eigenvalue weighted by Crippen LogP contribution is -2.36. The monoisotopic (exact) mass is 294 g/mol. The predicted octanol–water partition coefficient (Wildman–Crippen LogP) is 1.75. The molecule has 5 heteroatoms. The summed E-state index contributed by atoms with van der Waals surface area (Å²) in [7, 11) is 0. The highest BCUT2D eigenvalue weighted by Gasteiger charge is 2.16. The van der Waals surface area contributed by atoms with E-state index in [1.165, 1.54) is 0 Å². The van der Waals surface area contributed by atoms with E-state index in [1.807, 2.05) is 6.92 Å². The quantitative estimate of drug-likeness (QED) is 0.786. The van der Waals surface area contributed by atoms with Crippen molar-refractivity contribution in [1.82, 2.24) is 5.32 Å². The third kappa shape index (κ3) is 5.12. The summed E-state index contributed by atoms with van der Waals surface area (Å²) in [5.41, 5.74) is 6.68. The predicted molar refractivity (Wildman–Crippen MR) is 80.7 cm³/mol. The van der Waals surface area contributed by atoms with Gasteiger partial charge < -0.3 is 15.8 Å². The maximum atomic E-state index is 11.7. The fourth-order valence-electron chi connectivity index (χ4n) is 1.70. The number of carbonyl (C=O) groups is 1. The Hall–Kier alpha value is -1.70. The van der Waals surface area contributed by atoms with Crippen LogP contribution >= 0.6 is 11.6 Å². The van der Waals surface area contributed by atoms with Crippen LogP contribution in [-0.2, 0) is 11.2 Å². The van der Waals surface area contributed by atoms with Crippen LogP contribution in [0, 0.1) is 12.3 Å². The summed E-state index contributed by atoms with van der Waals surface area (Å²) < 4.78 is 5.67. The van der Waals surface area contributed by atoms with Crippen LogP contribution in [0.4, 0.5) is 0 Å². The van der Waals surface area contributed by atoms with Gasteiger partial charge in [0.1, 0.15) is 5.75 Å². The molecule has 0 aromatic heterocycles. The second-order valence-electron chi connectivity index (χ2n) is 4.62. The number of nitrogens with one attached hydrogen (secondary N) is 1. The van der Waals surface area contributed by atoms with Gasteiger partial charge in [-0.1, -0.05) is 17.5 Å². The van der Waals surface area contributed by atoms with E-state index in [0.29, 0.717) is 17.2 Å². The van der Waals surface area contributed by atoms with Crippen molar-refractivity contribution in [3.05, 3.63) is 28.8 Å². The number of halogens is 1. The molecule has 0 spiro atoms. The number of amides is 1. The molecule has 0 saturated carbocycles. The van der Waals surface area contributed by atoms with E-state index in [4.69, 9.17) is 28.5 Å². The molecule has 0 saturated heterocycles. The minimum absolute atomic E-state index is 0.0265. The van der Waals surface area contributed by atoms with Gasteiger partial charge in [0.05, 0.1) is 6.54 Å². The second kappa shape index (κ2) is 7.78. The number of benzene rings is 1. The molecule has 0 aliphatic carbocycles. The van der Waals surface area contributed by atoms with Gasteiger partial charge in [0.2, 0.25) is 0 Å². The number of terminal acetylenes is 1. The van der Waals surface area contributed by atoms with E-state index in [-0.39, 0.29) is 18.5 Å². The molecule has 20 heavy (non-hydrogen) atoms. The Balaban J connectivity index is 2.80.